The average Bonchev–Trinajstić information content (AvgIpc) is 3.61. The molecular weight excluding hydrogens is 433 g/mol. The number of amides is 1. The number of nitrogens with zero attached hydrogens (tertiary/aromatic N) is 1. The van der Waals surface area contributed by atoms with E-state index in [1.54, 1.807) is 6.07 Å². The van der Waals surface area contributed by atoms with Gasteiger partial charge in [0.25, 0.3) is 0 Å². The van der Waals surface area contributed by atoms with Gasteiger partial charge in [0.15, 0.2) is 0 Å². The Morgan fingerprint density at radius 2 is 2.03 bits per heavy atom. The second-order valence-corrected chi connectivity index (χ2v) is 10.7. The van der Waals surface area contributed by atoms with E-state index in [1.165, 1.54) is 17.2 Å². The van der Waals surface area contributed by atoms with E-state index < -0.39 is 5.60 Å². The molecule has 2 heterocycles. The highest BCUT2D eigenvalue weighted by atomic mass is 19.1. The van der Waals surface area contributed by atoms with Crippen LogP contribution < -0.4 is 10.6 Å². The van der Waals surface area contributed by atoms with Crippen molar-refractivity contribution in [2.45, 2.75) is 84.3 Å². The van der Waals surface area contributed by atoms with Gasteiger partial charge in [-0.05, 0) is 88.6 Å². The zero-order chi connectivity index (χ0) is 24.6. The van der Waals surface area contributed by atoms with Gasteiger partial charge in [-0.2, -0.15) is 0 Å². The zero-order valence-electron chi connectivity index (χ0n) is 21.1. The minimum atomic E-state index is -0.581. The first-order valence-electron chi connectivity index (χ1n) is 12.5. The lowest BCUT2D eigenvalue weighted by Crippen LogP contribution is -2.51. The summed E-state index contributed by atoms with van der Waals surface area (Å²) < 4.78 is 20.5. The first kappa shape index (κ1) is 24.6. The quantitative estimate of drug-likeness (QED) is 0.484. The molecule has 1 saturated carbocycles. The maximum atomic E-state index is 14.8. The van der Waals surface area contributed by atoms with E-state index in [4.69, 9.17) is 4.74 Å². The van der Waals surface area contributed by atoms with E-state index in [0.29, 0.717) is 30.8 Å². The third-order valence-corrected chi connectivity index (χ3v) is 6.94. The Bertz CT molecular complexity index is 1020. The molecule has 4 rings (SSSR count). The number of allylic oxidation sites excluding steroid dienone is 1. The van der Waals surface area contributed by atoms with Gasteiger partial charge in [-0.1, -0.05) is 12.5 Å². The fourth-order valence-electron chi connectivity index (χ4n) is 4.94. The van der Waals surface area contributed by atoms with Gasteiger partial charge >= 0.3 is 6.09 Å². The van der Waals surface area contributed by atoms with Crippen LogP contribution in [0.1, 0.15) is 78.2 Å². The number of hydrogen-bond acceptors (Lipinski definition) is 5. The number of phenolic OH excluding ortho intramolecular Hbond substituents is 1. The summed E-state index contributed by atoms with van der Waals surface area (Å²) in [6.07, 6.45) is 3.93. The SMILES string of the molecule is CCC(C)=C1CCNCC2C1=C(Nc1cc(F)c(C3CC3)cc1O)CCN2C(=O)OC(C)(C)C. The molecule has 1 unspecified atom stereocenters. The summed E-state index contributed by atoms with van der Waals surface area (Å²) in [7, 11) is 0. The van der Waals surface area contributed by atoms with Crippen LogP contribution in [-0.4, -0.2) is 47.4 Å². The minimum absolute atomic E-state index is 0.0620. The molecule has 34 heavy (non-hydrogen) atoms. The van der Waals surface area contributed by atoms with Gasteiger partial charge in [0.2, 0.25) is 0 Å². The van der Waals surface area contributed by atoms with Gasteiger partial charge in [-0.25, -0.2) is 9.18 Å². The van der Waals surface area contributed by atoms with Crippen LogP contribution in [0.5, 0.6) is 5.75 Å². The summed E-state index contributed by atoms with van der Waals surface area (Å²) in [6, 6.07) is 2.77. The molecule has 186 valence electrons. The largest absolute Gasteiger partial charge is 0.506 e. The molecule has 0 radical (unpaired) electrons. The van der Waals surface area contributed by atoms with Gasteiger partial charge in [-0.15, -0.1) is 0 Å². The average molecular weight is 472 g/mol. The number of phenols is 1. The van der Waals surface area contributed by atoms with E-state index in [-0.39, 0.29) is 29.6 Å². The number of benzene rings is 1. The normalized spacial score (nSPS) is 22.8. The number of ether oxygens (including phenoxy) is 1. The van der Waals surface area contributed by atoms with Crippen LogP contribution in [0.2, 0.25) is 0 Å². The summed E-state index contributed by atoms with van der Waals surface area (Å²) in [5.74, 6) is 0.00397. The number of anilines is 1. The van der Waals surface area contributed by atoms with Crippen molar-refractivity contribution in [3.8, 4) is 5.75 Å². The highest BCUT2D eigenvalue weighted by Crippen LogP contribution is 2.44. The van der Waals surface area contributed by atoms with E-state index in [9.17, 15) is 14.3 Å². The first-order chi connectivity index (χ1) is 16.1. The fraction of sp³-hybridized carbons (Fsp3) is 0.593. The second-order valence-electron chi connectivity index (χ2n) is 10.7. The van der Waals surface area contributed by atoms with Crippen molar-refractivity contribution < 1.29 is 19.0 Å². The zero-order valence-corrected chi connectivity index (χ0v) is 21.1. The van der Waals surface area contributed by atoms with Crippen molar-refractivity contribution in [2.24, 2.45) is 0 Å². The van der Waals surface area contributed by atoms with E-state index >= 15 is 0 Å². The monoisotopic (exact) mass is 471 g/mol. The minimum Gasteiger partial charge on any atom is -0.506 e. The standard InChI is InChI=1S/C27H38FN3O3/c1-6-16(2)18-9-11-29-15-23-25(18)21(10-12-31(23)26(33)34-27(3,4)5)30-22-14-20(28)19(13-24(22)32)17-7-8-17/h13-14,17,23,29-30,32H,6-12,15H2,1-5H3. The van der Waals surface area contributed by atoms with Crippen molar-refractivity contribution in [1.29, 1.82) is 0 Å². The molecule has 1 aromatic carbocycles. The molecule has 0 aromatic heterocycles. The summed E-state index contributed by atoms with van der Waals surface area (Å²) >= 11 is 0. The van der Waals surface area contributed by atoms with Gasteiger partial charge in [0, 0.05) is 31.3 Å². The van der Waals surface area contributed by atoms with Crippen LogP contribution in [0.25, 0.3) is 0 Å². The molecule has 3 N–H and O–H groups in total. The highest BCUT2D eigenvalue weighted by molar-refractivity contribution is 5.71. The lowest BCUT2D eigenvalue weighted by molar-refractivity contribution is 0.0183. The molecule has 3 aliphatic rings. The van der Waals surface area contributed by atoms with E-state index in [0.717, 1.165) is 43.5 Å². The van der Waals surface area contributed by atoms with Crippen molar-refractivity contribution in [2.75, 3.05) is 25.0 Å². The molecule has 1 aliphatic carbocycles. The number of halogens is 1. The maximum Gasteiger partial charge on any atom is 0.410 e. The Hall–Kier alpha value is -2.54. The van der Waals surface area contributed by atoms with Gasteiger partial charge < -0.3 is 20.5 Å². The number of aromatic hydroxyl groups is 1. The summed E-state index contributed by atoms with van der Waals surface area (Å²) in [5, 5.41) is 17.6. The van der Waals surface area contributed by atoms with Crippen LogP contribution >= 0.6 is 0 Å². The fourth-order valence-corrected chi connectivity index (χ4v) is 4.94. The smallest absolute Gasteiger partial charge is 0.410 e. The van der Waals surface area contributed by atoms with Crippen LogP contribution in [0.3, 0.4) is 0 Å². The third kappa shape index (κ3) is 5.24. The number of nitrogens with one attached hydrogen (secondary N) is 2. The molecule has 1 atom stereocenters. The summed E-state index contributed by atoms with van der Waals surface area (Å²) in [4.78, 5) is 14.9. The van der Waals surface area contributed by atoms with Crippen LogP contribution in [0.15, 0.2) is 34.5 Å². The van der Waals surface area contributed by atoms with E-state index in [2.05, 4.69) is 24.5 Å². The lowest BCUT2D eigenvalue weighted by Gasteiger charge is -2.40. The molecule has 0 spiro atoms. The summed E-state index contributed by atoms with van der Waals surface area (Å²) in [6.45, 7) is 11.8. The number of hydrogen-bond donors (Lipinski definition) is 3. The van der Waals surface area contributed by atoms with Crippen LogP contribution in [-0.2, 0) is 4.74 Å². The van der Waals surface area contributed by atoms with Crippen molar-refractivity contribution in [3.05, 3.63) is 45.9 Å². The molecule has 7 heteroatoms. The maximum absolute atomic E-state index is 14.8. The van der Waals surface area contributed by atoms with Gasteiger partial charge in [0.1, 0.15) is 17.2 Å². The Labute approximate surface area is 202 Å². The number of fused-ring (bicyclic) bond motifs is 1. The molecule has 1 saturated heterocycles. The van der Waals surface area contributed by atoms with Crippen LogP contribution in [0.4, 0.5) is 14.9 Å². The number of carbonyl (C=O) groups excluding carboxylic acids is 1. The molecule has 1 aromatic rings. The number of rotatable bonds is 4. The predicted octanol–water partition coefficient (Wildman–Crippen LogP) is 5.80. The molecular formula is C27H38FN3O3. The Morgan fingerprint density at radius 3 is 2.68 bits per heavy atom. The van der Waals surface area contributed by atoms with Gasteiger partial charge in [-0.3, -0.25) is 4.90 Å². The lowest BCUT2D eigenvalue weighted by atomic mass is 9.86. The Balaban J connectivity index is 1.75. The molecule has 6 nitrogen and oxygen atoms in total. The van der Waals surface area contributed by atoms with Crippen molar-refractivity contribution in [3.63, 3.8) is 0 Å². The molecule has 1 amide bonds. The molecule has 2 fully saturated rings. The predicted molar refractivity (Wildman–Crippen MR) is 133 cm³/mol. The molecule has 0 bridgehead atoms. The Kier molecular flexibility index (Phi) is 6.94. The Morgan fingerprint density at radius 1 is 1.29 bits per heavy atom. The first-order valence-corrected chi connectivity index (χ1v) is 12.5. The van der Waals surface area contributed by atoms with Gasteiger partial charge in [0.05, 0.1) is 11.7 Å². The second kappa shape index (κ2) is 9.61. The number of carbonyl (C=O) groups is 1. The van der Waals surface area contributed by atoms with E-state index in [1.807, 2.05) is 25.7 Å². The van der Waals surface area contributed by atoms with Crippen molar-refractivity contribution >= 4 is 11.8 Å². The van der Waals surface area contributed by atoms with Crippen LogP contribution in [0, 0.1) is 5.82 Å². The van der Waals surface area contributed by atoms with Crippen molar-refractivity contribution in [1.82, 2.24) is 10.2 Å². The highest BCUT2D eigenvalue weighted by Gasteiger charge is 2.38. The summed E-state index contributed by atoms with van der Waals surface area (Å²) in [5.41, 5.74) is 4.88. The molecule has 2 aliphatic heterocycles. The topological polar surface area (TPSA) is 73.8 Å². The third-order valence-electron chi connectivity index (χ3n) is 6.94.